The highest BCUT2D eigenvalue weighted by Crippen LogP contribution is 2.40. The van der Waals surface area contributed by atoms with Crippen LogP contribution in [0.4, 0.5) is 0 Å². The lowest BCUT2D eigenvalue weighted by Gasteiger charge is -2.25. The SMILES string of the molecule is CC(c1ccc(C(=O)NCCC(=O)O)cc1)n1nc(-c2cc(Cl)cc(Cl)c2)cc1-c1ccccc1C1CCCCC1. The third-order valence-corrected chi connectivity index (χ3v) is 8.26. The first-order valence-electron chi connectivity index (χ1n) is 14.1. The van der Waals surface area contributed by atoms with Crippen LogP contribution in [0.1, 0.15) is 78.9 Å². The monoisotopic (exact) mass is 589 g/mol. The van der Waals surface area contributed by atoms with Gasteiger partial charge in [-0.25, -0.2) is 0 Å². The van der Waals surface area contributed by atoms with Crippen molar-refractivity contribution in [2.75, 3.05) is 6.54 Å². The maximum Gasteiger partial charge on any atom is 0.305 e. The average Bonchev–Trinajstić information content (AvgIpc) is 3.42. The van der Waals surface area contributed by atoms with Gasteiger partial charge in [-0.2, -0.15) is 5.10 Å². The summed E-state index contributed by atoms with van der Waals surface area (Å²) in [4.78, 5) is 23.2. The predicted molar refractivity (Wildman–Crippen MR) is 164 cm³/mol. The van der Waals surface area contributed by atoms with Gasteiger partial charge in [-0.15, -0.1) is 0 Å². The number of carbonyl (C=O) groups excluding carboxylic acids is 1. The number of carboxylic acid groups (broad SMARTS) is 1. The molecule has 6 nitrogen and oxygen atoms in total. The van der Waals surface area contributed by atoms with Crippen molar-refractivity contribution in [2.24, 2.45) is 0 Å². The summed E-state index contributed by atoms with van der Waals surface area (Å²) in [5, 5.41) is 17.7. The molecule has 1 saturated carbocycles. The van der Waals surface area contributed by atoms with Crippen molar-refractivity contribution in [3.63, 3.8) is 0 Å². The number of carboxylic acids is 1. The molecular weight excluding hydrogens is 557 g/mol. The highest BCUT2D eigenvalue weighted by atomic mass is 35.5. The molecule has 0 saturated heterocycles. The van der Waals surface area contributed by atoms with Crippen LogP contribution >= 0.6 is 23.2 Å². The van der Waals surface area contributed by atoms with E-state index in [1.54, 1.807) is 18.2 Å². The molecule has 1 atom stereocenters. The van der Waals surface area contributed by atoms with Gasteiger partial charge in [0.1, 0.15) is 0 Å². The van der Waals surface area contributed by atoms with Crippen molar-refractivity contribution in [3.05, 3.63) is 99.5 Å². The minimum atomic E-state index is -0.950. The zero-order valence-corrected chi connectivity index (χ0v) is 24.5. The van der Waals surface area contributed by atoms with Crippen LogP contribution in [0.5, 0.6) is 0 Å². The summed E-state index contributed by atoms with van der Waals surface area (Å²) >= 11 is 12.7. The van der Waals surface area contributed by atoms with Crippen LogP contribution in [0, 0.1) is 0 Å². The molecule has 8 heteroatoms. The molecule has 1 unspecified atom stereocenters. The Morgan fingerprint density at radius 1 is 0.976 bits per heavy atom. The molecule has 0 bridgehead atoms. The molecule has 1 amide bonds. The Morgan fingerprint density at radius 3 is 2.34 bits per heavy atom. The third-order valence-electron chi connectivity index (χ3n) is 7.82. The van der Waals surface area contributed by atoms with Crippen LogP contribution in [0.2, 0.25) is 10.0 Å². The van der Waals surface area contributed by atoms with Gasteiger partial charge in [-0.05, 0) is 73.2 Å². The predicted octanol–water partition coefficient (Wildman–Crippen LogP) is 8.39. The Hall–Kier alpha value is -3.61. The highest BCUT2D eigenvalue weighted by molar-refractivity contribution is 6.35. The van der Waals surface area contributed by atoms with E-state index in [2.05, 4.69) is 42.6 Å². The molecule has 41 heavy (non-hydrogen) atoms. The Balaban J connectivity index is 1.53. The summed E-state index contributed by atoms with van der Waals surface area (Å²) in [5.41, 5.74) is 6.63. The molecule has 4 aromatic rings. The number of benzene rings is 3. The summed E-state index contributed by atoms with van der Waals surface area (Å²) < 4.78 is 2.05. The first kappa shape index (κ1) is 28.9. The van der Waals surface area contributed by atoms with E-state index in [0.29, 0.717) is 21.5 Å². The van der Waals surface area contributed by atoms with Crippen LogP contribution in [0.15, 0.2) is 72.8 Å². The fourth-order valence-corrected chi connectivity index (χ4v) is 6.20. The summed E-state index contributed by atoms with van der Waals surface area (Å²) in [7, 11) is 0. The molecule has 212 valence electrons. The number of aliphatic carboxylic acids is 1. The van der Waals surface area contributed by atoms with E-state index in [-0.39, 0.29) is 24.9 Å². The van der Waals surface area contributed by atoms with E-state index >= 15 is 0 Å². The topological polar surface area (TPSA) is 84.2 Å². The van der Waals surface area contributed by atoms with Crippen LogP contribution in [0.25, 0.3) is 22.5 Å². The maximum absolute atomic E-state index is 12.5. The van der Waals surface area contributed by atoms with E-state index in [4.69, 9.17) is 33.4 Å². The van der Waals surface area contributed by atoms with Gasteiger partial charge in [0.05, 0.1) is 23.9 Å². The second-order valence-electron chi connectivity index (χ2n) is 10.6. The summed E-state index contributed by atoms with van der Waals surface area (Å²) in [6.07, 6.45) is 6.04. The molecule has 1 heterocycles. The van der Waals surface area contributed by atoms with Gasteiger partial charge in [0.2, 0.25) is 0 Å². The quantitative estimate of drug-likeness (QED) is 0.205. The lowest BCUT2D eigenvalue weighted by Crippen LogP contribution is -2.26. The minimum Gasteiger partial charge on any atom is -0.481 e. The zero-order chi connectivity index (χ0) is 28.9. The van der Waals surface area contributed by atoms with Crippen LogP contribution in [-0.4, -0.2) is 33.3 Å². The van der Waals surface area contributed by atoms with E-state index in [1.807, 2.05) is 28.9 Å². The second-order valence-corrected chi connectivity index (χ2v) is 11.5. The van der Waals surface area contributed by atoms with Crippen molar-refractivity contribution in [1.82, 2.24) is 15.1 Å². The number of nitrogens with one attached hydrogen (secondary N) is 1. The second kappa shape index (κ2) is 12.9. The van der Waals surface area contributed by atoms with Crippen molar-refractivity contribution in [3.8, 4) is 22.5 Å². The van der Waals surface area contributed by atoms with Gasteiger partial charge in [0.25, 0.3) is 5.91 Å². The van der Waals surface area contributed by atoms with Crippen molar-refractivity contribution < 1.29 is 14.7 Å². The zero-order valence-electron chi connectivity index (χ0n) is 22.9. The molecule has 3 aromatic carbocycles. The van der Waals surface area contributed by atoms with Crippen molar-refractivity contribution in [1.29, 1.82) is 0 Å². The number of rotatable bonds is 9. The molecule has 2 N–H and O–H groups in total. The molecule has 1 fully saturated rings. The molecule has 1 aliphatic rings. The summed E-state index contributed by atoms with van der Waals surface area (Å²) in [6, 6.07) is 23.4. The first-order chi connectivity index (χ1) is 19.8. The van der Waals surface area contributed by atoms with E-state index in [1.165, 1.54) is 43.2 Å². The van der Waals surface area contributed by atoms with Gasteiger partial charge >= 0.3 is 5.97 Å². The standard InChI is InChI=1S/C33H33Cl2N3O3/c1-21(22-11-13-24(14-12-22)33(41)36-16-15-32(39)40)38-31(20-30(37-38)25-17-26(34)19-27(35)18-25)29-10-6-5-9-28(29)23-7-3-2-4-8-23/h5-6,9-14,17-21,23H,2-4,7-8,15-16H2,1H3,(H,36,41)(H,39,40). The molecule has 1 aliphatic carbocycles. The molecule has 0 aliphatic heterocycles. The van der Waals surface area contributed by atoms with Gasteiger partial charge < -0.3 is 10.4 Å². The summed E-state index contributed by atoms with van der Waals surface area (Å²) in [6.45, 7) is 2.18. The molecule has 0 spiro atoms. The third kappa shape index (κ3) is 6.83. The van der Waals surface area contributed by atoms with E-state index in [9.17, 15) is 9.59 Å². The number of hydrogen-bond acceptors (Lipinski definition) is 3. The number of hydrogen-bond donors (Lipinski definition) is 2. The van der Waals surface area contributed by atoms with Gasteiger partial charge in [0.15, 0.2) is 0 Å². The van der Waals surface area contributed by atoms with Crippen LogP contribution in [-0.2, 0) is 4.79 Å². The minimum absolute atomic E-state index is 0.0830. The number of aromatic nitrogens is 2. The largest absolute Gasteiger partial charge is 0.481 e. The van der Waals surface area contributed by atoms with Crippen LogP contribution < -0.4 is 5.32 Å². The van der Waals surface area contributed by atoms with Gasteiger partial charge in [-0.1, -0.05) is 78.9 Å². The molecule has 1 aromatic heterocycles. The lowest BCUT2D eigenvalue weighted by atomic mass is 9.81. The lowest BCUT2D eigenvalue weighted by molar-refractivity contribution is -0.136. The first-order valence-corrected chi connectivity index (χ1v) is 14.8. The molecular formula is C33H33Cl2N3O3. The summed E-state index contributed by atoms with van der Waals surface area (Å²) in [5.74, 6) is -0.734. The average molecular weight is 591 g/mol. The Bertz CT molecular complexity index is 1520. The Labute approximate surface area is 250 Å². The number of nitrogens with zero attached hydrogens (tertiary/aromatic N) is 2. The smallest absolute Gasteiger partial charge is 0.305 e. The van der Waals surface area contributed by atoms with Crippen molar-refractivity contribution in [2.45, 2.75) is 57.4 Å². The highest BCUT2D eigenvalue weighted by Gasteiger charge is 2.24. The number of halogens is 2. The number of amides is 1. The van der Waals surface area contributed by atoms with E-state index < -0.39 is 5.97 Å². The van der Waals surface area contributed by atoms with Gasteiger partial charge in [-0.3, -0.25) is 14.3 Å². The molecule has 0 radical (unpaired) electrons. The maximum atomic E-state index is 12.5. The number of carbonyl (C=O) groups is 2. The Morgan fingerprint density at radius 2 is 1.66 bits per heavy atom. The fourth-order valence-electron chi connectivity index (χ4n) is 5.67. The van der Waals surface area contributed by atoms with Crippen molar-refractivity contribution >= 4 is 35.1 Å². The fraction of sp³-hybridized carbons (Fsp3) is 0.303. The molecule has 5 rings (SSSR count). The van der Waals surface area contributed by atoms with Crippen LogP contribution in [0.3, 0.4) is 0 Å². The Kier molecular flexibility index (Phi) is 9.11. The van der Waals surface area contributed by atoms with E-state index in [0.717, 1.165) is 22.5 Å². The van der Waals surface area contributed by atoms with Gasteiger partial charge in [0, 0.05) is 33.3 Å². The normalized spacial score (nSPS) is 14.5.